The zero-order chi connectivity index (χ0) is 20.2. The molecule has 29 heavy (non-hydrogen) atoms. The van der Waals surface area contributed by atoms with Crippen LogP contribution in [0.3, 0.4) is 0 Å². The number of aromatic nitrogens is 1. The maximum absolute atomic E-state index is 12.7. The summed E-state index contributed by atoms with van der Waals surface area (Å²) in [5.74, 6) is 1.12. The first-order valence-electron chi connectivity index (χ1n) is 9.15. The molecule has 0 aliphatic heterocycles. The van der Waals surface area contributed by atoms with Gasteiger partial charge in [-0.05, 0) is 36.8 Å². The van der Waals surface area contributed by atoms with Crippen molar-refractivity contribution in [3.05, 3.63) is 83.7 Å². The average molecular weight is 388 g/mol. The largest absolute Gasteiger partial charge is 0.497 e. The van der Waals surface area contributed by atoms with Crippen molar-refractivity contribution in [2.75, 3.05) is 12.4 Å². The van der Waals surface area contributed by atoms with Gasteiger partial charge in [0.2, 0.25) is 5.88 Å². The van der Waals surface area contributed by atoms with Crippen LogP contribution >= 0.6 is 0 Å². The molecule has 0 aliphatic rings. The van der Waals surface area contributed by atoms with Crippen LogP contribution in [-0.4, -0.2) is 18.0 Å². The lowest BCUT2D eigenvalue weighted by Gasteiger charge is -2.07. The van der Waals surface area contributed by atoms with Crippen molar-refractivity contribution in [1.29, 1.82) is 0 Å². The highest BCUT2D eigenvalue weighted by Crippen LogP contribution is 2.29. The summed E-state index contributed by atoms with van der Waals surface area (Å²) in [6, 6.07) is 18.7. The number of rotatable bonds is 6. The standard InChI is InChI=1S/C23H20N2O4/c1-15-19-12-18(27-2)9-10-20(19)29-22(15)23(26)25-17-8-11-21(24-13-17)28-14-16-6-4-3-5-7-16/h3-13H,14H2,1-2H3,(H,25,26). The van der Waals surface area contributed by atoms with Crippen molar-refractivity contribution < 1.29 is 18.7 Å². The fraction of sp³-hybridized carbons (Fsp3) is 0.130. The zero-order valence-electron chi connectivity index (χ0n) is 16.1. The second-order valence-corrected chi connectivity index (χ2v) is 6.53. The maximum Gasteiger partial charge on any atom is 0.291 e. The normalized spacial score (nSPS) is 10.7. The fourth-order valence-electron chi connectivity index (χ4n) is 3.00. The number of hydrogen-bond donors (Lipinski definition) is 1. The number of amides is 1. The van der Waals surface area contributed by atoms with Crippen LogP contribution in [0.15, 0.2) is 71.3 Å². The number of fused-ring (bicyclic) bond motifs is 1. The van der Waals surface area contributed by atoms with E-state index in [2.05, 4.69) is 10.3 Å². The van der Waals surface area contributed by atoms with Gasteiger partial charge in [-0.25, -0.2) is 4.98 Å². The zero-order valence-corrected chi connectivity index (χ0v) is 16.1. The lowest BCUT2D eigenvalue weighted by Crippen LogP contribution is -2.12. The first kappa shape index (κ1) is 18.6. The van der Waals surface area contributed by atoms with Gasteiger partial charge in [-0.15, -0.1) is 0 Å². The number of carbonyl (C=O) groups is 1. The summed E-state index contributed by atoms with van der Waals surface area (Å²) in [6.07, 6.45) is 1.55. The molecule has 1 N–H and O–H groups in total. The number of aryl methyl sites for hydroxylation is 1. The molecule has 2 heterocycles. The summed E-state index contributed by atoms with van der Waals surface area (Å²) in [7, 11) is 1.60. The average Bonchev–Trinajstić information content (AvgIpc) is 3.10. The molecule has 0 saturated heterocycles. The Hall–Kier alpha value is -3.80. The number of nitrogens with one attached hydrogen (secondary N) is 1. The molecular weight excluding hydrogens is 368 g/mol. The summed E-state index contributed by atoms with van der Waals surface area (Å²) in [4.78, 5) is 16.9. The van der Waals surface area contributed by atoms with Crippen molar-refractivity contribution in [2.45, 2.75) is 13.5 Å². The van der Waals surface area contributed by atoms with Crippen LogP contribution in [0, 0.1) is 6.92 Å². The second-order valence-electron chi connectivity index (χ2n) is 6.53. The van der Waals surface area contributed by atoms with Crippen molar-refractivity contribution >= 4 is 22.6 Å². The summed E-state index contributed by atoms with van der Waals surface area (Å²) in [5.41, 5.74) is 3.01. The molecule has 4 aromatic rings. The topological polar surface area (TPSA) is 73.6 Å². The Kier molecular flexibility index (Phi) is 5.16. The molecule has 0 spiro atoms. The first-order chi connectivity index (χ1) is 14.1. The lowest BCUT2D eigenvalue weighted by molar-refractivity contribution is 0.0998. The van der Waals surface area contributed by atoms with Crippen molar-refractivity contribution in [3.8, 4) is 11.6 Å². The minimum absolute atomic E-state index is 0.262. The van der Waals surface area contributed by atoms with Crippen LogP contribution in [-0.2, 0) is 6.61 Å². The highest BCUT2D eigenvalue weighted by molar-refractivity contribution is 6.06. The van der Waals surface area contributed by atoms with Gasteiger partial charge < -0.3 is 19.2 Å². The Bertz CT molecular complexity index is 1130. The van der Waals surface area contributed by atoms with Gasteiger partial charge in [0.15, 0.2) is 5.76 Å². The quantitative estimate of drug-likeness (QED) is 0.504. The van der Waals surface area contributed by atoms with Crippen molar-refractivity contribution in [2.24, 2.45) is 0 Å². The van der Waals surface area contributed by atoms with Crippen LogP contribution in [0.2, 0.25) is 0 Å². The number of hydrogen-bond acceptors (Lipinski definition) is 5. The van der Waals surface area contributed by atoms with Crippen LogP contribution in [0.4, 0.5) is 5.69 Å². The summed E-state index contributed by atoms with van der Waals surface area (Å²) < 4.78 is 16.6. The second kappa shape index (κ2) is 8.06. The molecule has 6 nitrogen and oxygen atoms in total. The Morgan fingerprint density at radius 3 is 2.66 bits per heavy atom. The predicted molar refractivity (Wildman–Crippen MR) is 110 cm³/mol. The van der Waals surface area contributed by atoms with E-state index in [4.69, 9.17) is 13.9 Å². The van der Waals surface area contributed by atoms with Crippen molar-refractivity contribution in [3.63, 3.8) is 0 Å². The van der Waals surface area contributed by atoms with Gasteiger partial charge in [-0.1, -0.05) is 30.3 Å². The third kappa shape index (κ3) is 4.06. The predicted octanol–water partition coefficient (Wildman–Crippen LogP) is 4.98. The number of benzene rings is 2. The molecule has 2 aromatic heterocycles. The van der Waals surface area contributed by atoms with E-state index in [9.17, 15) is 4.79 Å². The highest BCUT2D eigenvalue weighted by Gasteiger charge is 2.18. The Balaban J connectivity index is 1.44. The Morgan fingerprint density at radius 1 is 1.10 bits per heavy atom. The van der Waals surface area contributed by atoms with Crippen LogP contribution < -0.4 is 14.8 Å². The van der Waals surface area contributed by atoms with Crippen LogP contribution in [0.25, 0.3) is 11.0 Å². The highest BCUT2D eigenvalue weighted by atomic mass is 16.5. The van der Waals surface area contributed by atoms with E-state index in [1.54, 1.807) is 37.6 Å². The van der Waals surface area contributed by atoms with Gasteiger partial charge in [0.25, 0.3) is 5.91 Å². The molecular formula is C23H20N2O4. The molecule has 0 bridgehead atoms. The number of pyridine rings is 1. The molecule has 1 amide bonds. The van der Waals surface area contributed by atoms with E-state index in [1.165, 1.54) is 0 Å². The van der Waals surface area contributed by atoms with Gasteiger partial charge >= 0.3 is 0 Å². The molecule has 0 saturated carbocycles. The van der Waals surface area contributed by atoms with Gasteiger partial charge in [-0.2, -0.15) is 0 Å². The number of methoxy groups -OCH3 is 1. The minimum atomic E-state index is -0.336. The van der Waals surface area contributed by atoms with Crippen LogP contribution in [0.1, 0.15) is 21.7 Å². The van der Waals surface area contributed by atoms with Crippen LogP contribution in [0.5, 0.6) is 11.6 Å². The van der Waals surface area contributed by atoms with Gasteiger partial charge in [-0.3, -0.25) is 4.79 Å². The van der Waals surface area contributed by atoms with E-state index in [1.807, 2.05) is 43.3 Å². The number of anilines is 1. The van der Waals surface area contributed by atoms with E-state index in [-0.39, 0.29) is 11.7 Å². The SMILES string of the molecule is COc1ccc2oc(C(=O)Nc3ccc(OCc4ccccc4)nc3)c(C)c2c1. The molecule has 0 fully saturated rings. The summed E-state index contributed by atoms with van der Waals surface area (Å²) in [6.45, 7) is 2.28. The minimum Gasteiger partial charge on any atom is -0.497 e. The Labute approximate surface area is 168 Å². The number of nitrogens with zero attached hydrogens (tertiary/aromatic N) is 1. The third-order valence-electron chi connectivity index (χ3n) is 4.57. The molecule has 2 aromatic carbocycles. The monoisotopic (exact) mass is 388 g/mol. The summed E-state index contributed by atoms with van der Waals surface area (Å²) in [5, 5.41) is 3.65. The molecule has 0 aliphatic carbocycles. The smallest absolute Gasteiger partial charge is 0.291 e. The van der Waals surface area contributed by atoms with Crippen molar-refractivity contribution in [1.82, 2.24) is 4.98 Å². The van der Waals surface area contributed by atoms with Gasteiger partial charge in [0, 0.05) is 17.0 Å². The molecule has 4 rings (SSSR count). The maximum atomic E-state index is 12.7. The molecule has 146 valence electrons. The van der Waals surface area contributed by atoms with E-state index >= 15 is 0 Å². The van der Waals surface area contributed by atoms with E-state index < -0.39 is 0 Å². The first-order valence-corrected chi connectivity index (χ1v) is 9.15. The van der Waals surface area contributed by atoms with E-state index in [0.29, 0.717) is 29.5 Å². The molecule has 0 atom stereocenters. The number of furan rings is 1. The van der Waals surface area contributed by atoms with Gasteiger partial charge in [0.05, 0.1) is 19.0 Å². The Morgan fingerprint density at radius 2 is 1.93 bits per heavy atom. The lowest BCUT2D eigenvalue weighted by atomic mass is 10.1. The number of ether oxygens (including phenoxy) is 2. The molecule has 6 heteroatoms. The molecule has 0 unspecified atom stereocenters. The number of carbonyl (C=O) groups excluding carboxylic acids is 1. The fourth-order valence-corrected chi connectivity index (χ4v) is 3.00. The summed E-state index contributed by atoms with van der Waals surface area (Å²) >= 11 is 0. The molecule has 0 radical (unpaired) electrons. The van der Waals surface area contributed by atoms with E-state index in [0.717, 1.165) is 16.5 Å². The van der Waals surface area contributed by atoms with Gasteiger partial charge in [0.1, 0.15) is 17.9 Å². The third-order valence-corrected chi connectivity index (χ3v) is 4.57.